The van der Waals surface area contributed by atoms with Gasteiger partial charge < -0.3 is 0 Å². The van der Waals surface area contributed by atoms with Crippen molar-refractivity contribution in [1.29, 1.82) is 0 Å². The SMILES string of the molecule is Clc1ccc(C(Cl)(c2ccc(C(Cl)(c3ccc(Cl)c(Cl)c3)c3ccc(Cl)c(Cl)c3)cc2)c2ccc(Cl)c(Cl)c2)cc1Cl. The second-order valence-electron chi connectivity index (χ2n) is 9.41. The molecular formula is C32H16Cl10. The van der Waals surface area contributed by atoms with Crippen LogP contribution < -0.4 is 0 Å². The molecule has 0 aliphatic rings. The molecule has 5 aromatic carbocycles. The largest absolute Gasteiger partial charge is 0.119 e. The number of benzene rings is 5. The summed E-state index contributed by atoms with van der Waals surface area (Å²) < 4.78 is 0. The molecule has 0 atom stereocenters. The summed E-state index contributed by atoms with van der Waals surface area (Å²) in [6.45, 7) is 0. The fourth-order valence-electron chi connectivity index (χ4n) is 4.77. The fraction of sp³-hybridized carbons (Fsp3) is 0.0625. The van der Waals surface area contributed by atoms with E-state index in [2.05, 4.69) is 0 Å². The Morgan fingerprint density at radius 2 is 0.452 bits per heavy atom. The minimum Gasteiger partial charge on any atom is -0.104 e. The summed E-state index contributed by atoms with van der Waals surface area (Å²) in [5.41, 5.74) is 4.14. The Bertz CT molecular complexity index is 1560. The van der Waals surface area contributed by atoms with Crippen molar-refractivity contribution < 1.29 is 0 Å². The van der Waals surface area contributed by atoms with E-state index in [0.29, 0.717) is 73.6 Å². The lowest BCUT2D eigenvalue weighted by Crippen LogP contribution is -2.25. The van der Waals surface area contributed by atoms with Gasteiger partial charge in [-0.1, -0.05) is 141 Å². The summed E-state index contributed by atoms with van der Waals surface area (Å²) in [7, 11) is 0. The van der Waals surface area contributed by atoms with E-state index in [1.807, 2.05) is 48.5 Å². The zero-order valence-electron chi connectivity index (χ0n) is 21.0. The van der Waals surface area contributed by atoms with Crippen molar-refractivity contribution in [2.75, 3.05) is 0 Å². The van der Waals surface area contributed by atoms with Crippen LogP contribution in [0.2, 0.25) is 40.2 Å². The number of hydrogen-bond donors (Lipinski definition) is 0. The summed E-state index contributed by atoms with van der Waals surface area (Å²) in [5, 5.41) is 3.03. The molecule has 0 heterocycles. The highest BCUT2D eigenvalue weighted by atomic mass is 35.5. The average molecular weight is 755 g/mol. The highest BCUT2D eigenvalue weighted by molar-refractivity contribution is 6.44. The van der Waals surface area contributed by atoms with E-state index in [9.17, 15) is 0 Å². The molecule has 0 fully saturated rings. The maximum absolute atomic E-state index is 7.54. The van der Waals surface area contributed by atoms with Crippen molar-refractivity contribution in [2.45, 2.75) is 9.75 Å². The summed E-state index contributed by atoms with van der Waals surface area (Å²) in [6, 6.07) is 28.5. The lowest BCUT2D eigenvalue weighted by Gasteiger charge is -2.32. The van der Waals surface area contributed by atoms with Crippen LogP contribution in [0.5, 0.6) is 0 Å². The quantitative estimate of drug-likeness (QED) is 0.120. The molecule has 0 unspecified atom stereocenters. The zero-order chi connectivity index (χ0) is 30.4. The summed E-state index contributed by atoms with van der Waals surface area (Å²) >= 11 is 65.7. The van der Waals surface area contributed by atoms with Crippen LogP contribution in [0.1, 0.15) is 33.4 Å². The van der Waals surface area contributed by atoms with E-state index in [4.69, 9.17) is 116 Å². The third-order valence-corrected chi connectivity index (χ3v) is 11.2. The Labute approximate surface area is 293 Å². The molecule has 0 N–H and O–H groups in total. The van der Waals surface area contributed by atoms with Crippen molar-refractivity contribution in [3.63, 3.8) is 0 Å². The lowest BCUT2D eigenvalue weighted by molar-refractivity contribution is 0.857. The minimum atomic E-state index is -1.22. The summed E-state index contributed by atoms with van der Waals surface area (Å²) in [6.07, 6.45) is 0. The molecule has 0 saturated heterocycles. The van der Waals surface area contributed by atoms with Crippen LogP contribution in [0, 0.1) is 0 Å². The second kappa shape index (κ2) is 12.8. The second-order valence-corrected chi connectivity index (χ2v) is 13.8. The first-order chi connectivity index (χ1) is 19.8. The van der Waals surface area contributed by atoms with Gasteiger partial charge in [0.1, 0.15) is 9.75 Å². The monoisotopic (exact) mass is 750 g/mol. The van der Waals surface area contributed by atoms with E-state index in [1.165, 1.54) is 0 Å². The molecule has 5 aromatic rings. The van der Waals surface area contributed by atoms with Gasteiger partial charge >= 0.3 is 0 Å². The fourth-order valence-corrected chi connectivity index (χ4v) is 6.69. The molecule has 0 aliphatic heterocycles. The Hall–Kier alpha value is -1.000. The first-order valence-electron chi connectivity index (χ1n) is 12.2. The third kappa shape index (κ3) is 5.99. The highest BCUT2D eigenvalue weighted by Gasteiger charge is 2.38. The smallest absolute Gasteiger partial charge is 0.104 e. The molecule has 0 nitrogen and oxygen atoms in total. The molecule has 0 amide bonds. The zero-order valence-corrected chi connectivity index (χ0v) is 28.6. The topological polar surface area (TPSA) is 0 Å². The summed E-state index contributed by atoms with van der Waals surface area (Å²) in [4.78, 5) is -2.44. The molecule has 5 rings (SSSR count). The van der Waals surface area contributed by atoms with Crippen molar-refractivity contribution in [3.05, 3.63) is 171 Å². The maximum Gasteiger partial charge on any atom is 0.119 e. The van der Waals surface area contributed by atoms with Crippen molar-refractivity contribution >= 4 is 116 Å². The van der Waals surface area contributed by atoms with E-state index in [-0.39, 0.29) is 0 Å². The van der Waals surface area contributed by atoms with Gasteiger partial charge in [0.25, 0.3) is 0 Å². The molecule has 42 heavy (non-hydrogen) atoms. The van der Waals surface area contributed by atoms with Gasteiger partial charge in [-0.3, -0.25) is 0 Å². The molecule has 0 saturated carbocycles. The Morgan fingerprint density at radius 1 is 0.262 bits per heavy atom. The van der Waals surface area contributed by atoms with E-state index in [0.717, 1.165) is 0 Å². The van der Waals surface area contributed by atoms with Crippen LogP contribution in [0.25, 0.3) is 0 Å². The van der Waals surface area contributed by atoms with Crippen LogP contribution >= 0.6 is 116 Å². The van der Waals surface area contributed by atoms with Crippen molar-refractivity contribution in [3.8, 4) is 0 Å². The van der Waals surface area contributed by atoms with Gasteiger partial charge in [0.05, 0.1) is 40.2 Å². The van der Waals surface area contributed by atoms with Crippen LogP contribution in [-0.4, -0.2) is 0 Å². The van der Waals surface area contributed by atoms with Gasteiger partial charge in [-0.2, -0.15) is 0 Å². The van der Waals surface area contributed by atoms with Gasteiger partial charge in [-0.05, 0) is 81.9 Å². The predicted octanol–water partition coefficient (Wildman–Crippen LogP) is 14.0. The lowest BCUT2D eigenvalue weighted by atomic mass is 9.80. The van der Waals surface area contributed by atoms with Gasteiger partial charge in [0, 0.05) is 0 Å². The molecule has 0 radical (unpaired) electrons. The van der Waals surface area contributed by atoms with E-state index < -0.39 is 9.75 Å². The molecule has 0 aromatic heterocycles. The molecule has 10 heteroatoms. The van der Waals surface area contributed by atoms with Crippen LogP contribution in [0.15, 0.2) is 97.1 Å². The predicted molar refractivity (Wildman–Crippen MR) is 184 cm³/mol. The third-order valence-electron chi connectivity index (χ3n) is 6.95. The number of rotatable bonds is 6. The Morgan fingerprint density at radius 3 is 0.643 bits per heavy atom. The average Bonchev–Trinajstić information content (AvgIpc) is 2.98. The molecule has 0 bridgehead atoms. The molecule has 0 aliphatic carbocycles. The molecular weight excluding hydrogens is 739 g/mol. The van der Waals surface area contributed by atoms with Gasteiger partial charge in [-0.25, -0.2) is 0 Å². The Balaban J connectivity index is 1.72. The van der Waals surface area contributed by atoms with Gasteiger partial charge in [0.15, 0.2) is 0 Å². The minimum absolute atomic E-state index is 0.356. The molecule has 0 spiro atoms. The number of hydrogen-bond acceptors (Lipinski definition) is 0. The van der Waals surface area contributed by atoms with Crippen LogP contribution in [0.3, 0.4) is 0 Å². The Kier molecular flexibility index (Phi) is 9.86. The van der Waals surface area contributed by atoms with Crippen LogP contribution in [-0.2, 0) is 9.75 Å². The first-order valence-corrected chi connectivity index (χ1v) is 15.9. The maximum atomic E-state index is 7.54. The summed E-state index contributed by atoms with van der Waals surface area (Å²) in [5.74, 6) is 0. The first kappa shape index (κ1) is 32.4. The number of halogens is 10. The number of alkyl halides is 2. The van der Waals surface area contributed by atoms with Gasteiger partial charge in [-0.15, -0.1) is 23.2 Å². The molecule has 214 valence electrons. The standard InChI is InChI=1S/C32H16Cl10/c33-23-9-5-19(13-27(23)37)31(41,20-6-10-24(34)28(38)14-20)17-1-2-18(4-3-17)32(42,21-7-11-25(35)29(39)15-21)22-8-12-26(36)30(40)16-22/h1-16H. The van der Waals surface area contributed by atoms with E-state index in [1.54, 1.807) is 48.5 Å². The van der Waals surface area contributed by atoms with Crippen molar-refractivity contribution in [2.24, 2.45) is 0 Å². The van der Waals surface area contributed by atoms with Crippen molar-refractivity contribution in [1.82, 2.24) is 0 Å². The normalized spacial score (nSPS) is 12.0. The van der Waals surface area contributed by atoms with Crippen LogP contribution in [0.4, 0.5) is 0 Å². The van der Waals surface area contributed by atoms with Gasteiger partial charge in [0.2, 0.25) is 0 Å². The van der Waals surface area contributed by atoms with E-state index >= 15 is 0 Å². The highest BCUT2D eigenvalue weighted by Crippen LogP contribution is 2.49.